The third-order valence-corrected chi connectivity index (χ3v) is 4.18. The first kappa shape index (κ1) is 14.9. The summed E-state index contributed by atoms with van der Waals surface area (Å²) in [6.45, 7) is 17.5. The van der Waals surface area contributed by atoms with Gasteiger partial charge in [-0.25, -0.2) is 0 Å². The van der Waals surface area contributed by atoms with Gasteiger partial charge < -0.3 is 15.5 Å². The van der Waals surface area contributed by atoms with Crippen LogP contribution in [0, 0.1) is 11.3 Å². The predicted octanol–water partition coefficient (Wildman–Crippen LogP) is 1.55. The average molecular weight is 241 g/mol. The second kappa shape index (κ2) is 7.34. The lowest BCUT2D eigenvalue weighted by molar-refractivity contribution is 0.228. The highest BCUT2D eigenvalue weighted by molar-refractivity contribution is 4.75. The van der Waals surface area contributed by atoms with Crippen LogP contribution in [0.3, 0.4) is 0 Å². The van der Waals surface area contributed by atoms with Crippen LogP contribution in [0.4, 0.5) is 0 Å². The SMILES string of the molecule is CC(C)C(C)(C)CNCCN1CCCNCC1. The van der Waals surface area contributed by atoms with Gasteiger partial charge in [0.25, 0.3) is 0 Å². The summed E-state index contributed by atoms with van der Waals surface area (Å²) in [5.41, 5.74) is 0.403. The maximum absolute atomic E-state index is 3.61. The van der Waals surface area contributed by atoms with E-state index >= 15 is 0 Å². The van der Waals surface area contributed by atoms with Crippen LogP contribution in [0.1, 0.15) is 34.1 Å². The Labute approximate surface area is 107 Å². The third kappa shape index (κ3) is 5.84. The van der Waals surface area contributed by atoms with Gasteiger partial charge in [0, 0.05) is 32.7 Å². The van der Waals surface area contributed by atoms with E-state index in [0.717, 1.165) is 25.6 Å². The Morgan fingerprint density at radius 1 is 1.24 bits per heavy atom. The molecule has 3 nitrogen and oxygen atoms in total. The van der Waals surface area contributed by atoms with E-state index in [9.17, 15) is 0 Å². The Kier molecular flexibility index (Phi) is 6.45. The van der Waals surface area contributed by atoms with Crippen molar-refractivity contribution >= 4 is 0 Å². The molecular formula is C14H31N3. The molecule has 0 unspecified atom stereocenters. The minimum Gasteiger partial charge on any atom is -0.315 e. The molecule has 0 spiro atoms. The molecule has 0 aliphatic carbocycles. The van der Waals surface area contributed by atoms with E-state index in [-0.39, 0.29) is 0 Å². The third-order valence-electron chi connectivity index (χ3n) is 4.18. The first-order valence-corrected chi connectivity index (χ1v) is 7.16. The van der Waals surface area contributed by atoms with Crippen molar-refractivity contribution in [1.29, 1.82) is 0 Å². The number of rotatable bonds is 6. The first-order chi connectivity index (χ1) is 8.02. The van der Waals surface area contributed by atoms with Crippen molar-refractivity contribution in [3.8, 4) is 0 Å². The Bertz CT molecular complexity index is 194. The van der Waals surface area contributed by atoms with Crippen LogP contribution in [0.25, 0.3) is 0 Å². The van der Waals surface area contributed by atoms with Crippen LogP contribution < -0.4 is 10.6 Å². The van der Waals surface area contributed by atoms with Gasteiger partial charge in [0.15, 0.2) is 0 Å². The summed E-state index contributed by atoms with van der Waals surface area (Å²) in [5.74, 6) is 0.734. The lowest BCUT2D eigenvalue weighted by atomic mass is 9.81. The van der Waals surface area contributed by atoms with Crippen molar-refractivity contribution in [3.05, 3.63) is 0 Å². The number of nitrogens with one attached hydrogen (secondary N) is 2. The molecule has 1 aliphatic rings. The summed E-state index contributed by atoms with van der Waals surface area (Å²) in [7, 11) is 0. The van der Waals surface area contributed by atoms with Gasteiger partial charge in [-0.2, -0.15) is 0 Å². The van der Waals surface area contributed by atoms with Crippen LogP contribution in [-0.4, -0.2) is 50.7 Å². The van der Waals surface area contributed by atoms with E-state index < -0.39 is 0 Å². The zero-order valence-electron chi connectivity index (χ0n) is 12.2. The fourth-order valence-electron chi connectivity index (χ4n) is 1.98. The minimum absolute atomic E-state index is 0.403. The van der Waals surface area contributed by atoms with Gasteiger partial charge in [0.2, 0.25) is 0 Å². The summed E-state index contributed by atoms with van der Waals surface area (Å²) in [6, 6.07) is 0. The standard InChI is InChI=1S/C14H31N3/c1-13(2)14(3,4)12-16-8-11-17-9-5-6-15-7-10-17/h13,15-16H,5-12H2,1-4H3. The molecule has 0 aromatic rings. The molecule has 0 radical (unpaired) electrons. The molecule has 0 atom stereocenters. The van der Waals surface area contributed by atoms with E-state index in [2.05, 4.69) is 43.2 Å². The van der Waals surface area contributed by atoms with Gasteiger partial charge >= 0.3 is 0 Å². The van der Waals surface area contributed by atoms with Gasteiger partial charge in [-0.05, 0) is 30.8 Å². The highest BCUT2D eigenvalue weighted by Crippen LogP contribution is 2.24. The van der Waals surface area contributed by atoms with E-state index in [1.807, 2.05) is 0 Å². The van der Waals surface area contributed by atoms with Crippen molar-refractivity contribution < 1.29 is 0 Å². The summed E-state index contributed by atoms with van der Waals surface area (Å²) in [6.07, 6.45) is 1.29. The van der Waals surface area contributed by atoms with Crippen molar-refractivity contribution in [1.82, 2.24) is 15.5 Å². The van der Waals surface area contributed by atoms with Crippen molar-refractivity contribution in [3.63, 3.8) is 0 Å². The van der Waals surface area contributed by atoms with Gasteiger partial charge in [-0.15, -0.1) is 0 Å². The Morgan fingerprint density at radius 3 is 2.71 bits per heavy atom. The topological polar surface area (TPSA) is 27.3 Å². The number of hydrogen-bond donors (Lipinski definition) is 2. The molecule has 102 valence electrons. The minimum atomic E-state index is 0.403. The van der Waals surface area contributed by atoms with Crippen LogP contribution in [-0.2, 0) is 0 Å². The maximum Gasteiger partial charge on any atom is 0.0107 e. The first-order valence-electron chi connectivity index (χ1n) is 7.16. The molecule has 0 aromatic carbocycles. The van der Waals surface area contributed by atoms with Gasteiger partial charge in [-0.3, -0.25) is 0 Å². The average Bonchev–Trinajstić information content (AvgIpc) is 2.52. The largest absolute Gasteiger partial charge is 0.315 e. The zero-order valence-corrected chi connectivity index (χ0v) is 12.2. The number of hydrogen-bond acceptors (Lipinski definition) is 3. The quantitative estimate of drug-likeness (QED) is 0.691. The molecule has 0 saturated carbocycles. The number of nitrogens with zero attached hydrogens (tertiary/aromatic N) is 1. The summed E-state index contributed by atoms with van der Waals surface area (Å²) in [4.78, 5) is 2.56. The van der Waals surface area contributed by atoms with Crippen LogP contribution in [0.15, 0.2) is 0 Å². The molecule has 3 heteroatoms. The fraction of sp³-hybridized carbons (Fsp3) is 1.00. The normalized spacial score (nSPS) is 19.6. The summed E-state index contributed by atoms with van der Waals surface area (Å²) < 4.78 is 0. The van der Waals surface area contributed by atoms with Crippen LogP contribution in [0.2, 0.25) is 0 Å². The van der Waals surface area contributed by atoms with E-state index in [4.69, 9.17) is 0 Å². The van der Waals surface area contributed by atoms with Crippen molar-refractivity contribution in [2.24, 2.45) is 11.3 Å². The summed E-state index contributed by atoms with van der Waals surface area (Å²) >= 11 is 0. The molecule has 1 heterocycles. The Hall–Kier alpha value is -0.120. The van der Waals surface area contributed by atoms with E-state index in [0.29, 0.717) is 5.41 Å². The predicted molar refractivity (Wildman–Crippen MR) is 75.4 cm³/mol. The summed E-state index contributed by atoms with van der Waals surface area (Å²) in [5, 5.41) is 7.06. The van der Waals surface area contributed by atoms with Gasteiger partial charge in [-0.1, -0.05) is 27.7 Å². The van der Waals surface area contributed by atoms with Crippen LogP contribution >= 0.6 is 0 Å². The highest BCUT2D eigenvalue weighted by Gasteiger charge is 2.21. The lowest BCUT2D eigenvalue weighted by Gasteiger charge is -2.30. The molecule has 0 amide bonds. The van der Waals surface area contributed by atoms with Gasteiger partial charge in [0.1, 0.15) is 0 Å². The molecule has 1 saturated heterocycles. The molecule has 1 fully saturated rings. The smallest absolute Gasteiger partial charge is 0.0107 e. The lowest BCUT2D eigenvalue weighted by Crippen LogP contribution is -2.39. The van der Waals surface area contributed by atoms with Gasteiger partial charge in [0.05, 0.1) is 0 Å². The molecular weight excluding hydrogens is 210 g/mol. The molecule has 1 aliphatic heterocycles. The molecule has 2 N–H and O–H groups in total. The second-order valence-corrected chi connectivity index (χ2v) is 6.27. The Balaban J connectivity index is 2.10. The van der Waals surface area contributed by atoms with Crippen molar-refractivity contribution in [2.45, 2.75) is 34.1 Å². The van der Waals surface area contributed by atoms with Crippen LogP contribution in [0.5, 0.6) is 0 Å². The Morgan fingerprint density at radius 2 is 2.00 bits per heavy atom. The van der Waals surface area contributed by atoms with E-state index in [1.54, 1.807) is 0 Å². The fourth-order valence-corrected chi connectivity index (χ4v) is 1.98. The molecule has 1 rings (SSSR count). The van der Waals surface area contributed by atoms with E-state index in [1.165, 1.54) is 32.6 Å². The highest BCUT2D eigenvalue weighted by atomic mass is 15.2. The molecule has 17 heavy (non-hydrogen) atoms. The monoisotopic (exact) mass is 241 g/mol. The van der Waals surface area contributed by atoms with Crippen molar-refractivity contribution in [2.75, 3.05) is 45.8 Å². The zero-order chi connectivity index (χ0) is 12.7. The molecule has 0 aromatic heterocycles. The second-order valence-electron chi connectivity index (χ2n) is 6.27. The molecule has 0 bridgehead atoms. The maximum atomic E-state index is 3.61.